The molecule has 34 heavy (non-hydrogen) atoms. The lowest BCUT2D eigenvalue weighted by molar-refractivity contribution is 0.0715. The maximum Gasteiger partial charge on any atom is 0.409 e. The molecule has 0 radical (unpaired) electrons. The number of carbonyl (C=O) groups excluding carboxylic acids is 2. The van der Waals surface area contributed by atoms with Gasteiger partial charge in [-0.05, 0) is 49.2 Å². The van der Waals surface area contributed by atoms with E-state index in [4.69, 9.17) is 9.15 Å². The lowest BCUT2D eigenvalue weighted by Gasteiger charge is -2.39. The summed E-state index contributed by atoms with van der Waals surface area (Å²) in [5.41, 5.74) is 1.86. The van der Waals surface area contributed by atoms with Crippen molar-refractivity contribution in [3.63, 3.8) is 0 Å². The minimum absolute atomic E-state index is 0.214. The Morgan fingerprint density at radius 3 is 2.50 bits per heavy atom. The smallest absolute Gasteiger partial charge is 0.409 e. The number of carbonyl (C=O) groups is 2. The number of rotatable bonds is 7. The molecule has 0 saturated carbocycles. The van der Waals surface area contributed by atoms with Crippen molar-refractivity contribution in [2.75, 3.05) is 38.1 Å². The molecule has 1 N–H and O–H groups in total. The Labute approximate surface area is 202 Å². The maximum atomic E-state index is 13.7. The normalized spacial score (nSPS) is 15.2. The van der Waals surface area contributed by atoms with Crippen LogP contribution in [0.2, 0.25) is 0 Å². The van der Waals surface area contributed by atoms with Crippen molar-refractivity contribution in [3.05, 3.63) is 76.3 Å². The van der Waals surface area contributed by atoms with Gasteiger partial charge in [0.25, 0.3) is 5.91 Å². The number of thiophene rings is 1. The van der Waals surface area contributed by atoms with Crippen LogP contribution < -0.4 is 5.32 Å². The van der Waals surface area contributed by atoms with Gasteiger partial charge in [-0.1, -0.05) is 19.1 Å². The van der Waals surface area contributed by atoms with Gasteiger partial charge in [0.1, 0.15) is 10.8 Å². The van der Waals surface area contributed by atoms with Crippen LogP contribution in [0.1, 0.15) is 46.4 Å². The summed E-state index contributed by atoms with van der Waals surface area (Å²) in [6.07, 6.45) is 1.98. The van der Waals surface area contributed by atoms with Gasteiger partial charge in [-0.3, -0.25) is 9.69 Å². The molecule has 1 saturated heterocycles. The summed E-state index contributed by atoms with van der Waals surface area (Å²) < 4.78 is 24.1. The molecule has 1 atom stereocenters. The molecular weight excluding hydrogens is 457 g/mol. The van der Waals surface area contributed by atoms with Gasteiger partial charge >= 0.3 is 6.09 Å². The quantitative estimate of drug-likeness (QED) is 0.500. The number of hydrogen-bond acceptors (Lipinski definition) is 6. The summed E-state index contributed by atoms with van der Waals surface area (Å²) in [6.45, 7) is 6.47. The van der Waals surface area contributed by atoms with Gasteiger partial charge in [-0.25, -0.2) is 9.18 Å². The Bertz CT molecular complexity index is 1110. The monoisotopic (exact) mass is 485 g/mol. The van der Waals surface area contributed by atoms with Crippen molar-refractivity contribution in [1.29, 1.82) is 0 Å². The molecule has 2 amide bonds. The zero-order valence-electron chi connectivity index (χ0n) is 19.3. The second-order valence-corrected chi connectivity index (χ2v) is 9.09. The second-order valence-electron chi connectivity index (χ2n) is 7.96. The first-order valence-corrected chi connectivity index (χ1v) is 12.2. The highest BCUT2D eigenvalue weighted by Crippen LogP contribution is 2.40. The number of hydrogen-bond donors (Lipinski definition) is 1. The highest BCUT2D eigenvalue weighted by atomic mass is 32.1. The van der Waals surface area contributed by atoms with E-state index in [2.05, 4.69) is 23.2 Å². The van der Waals surface area contributed by atoms with Crippen LogP contribution in [-0.4, -0.2) is 54.6 Å². The molecule has 0 bridgehead atoms. The van der Waals surface area contributed by atoms with Crippen molar-refractivity contribution in [2.45, 2.75) is 26.3 Å². The van der Waals surface area contributed by atoms with Crippen molar-refractivity contribution in [1.82, 2.24) is 9.80 Å². The number of nitrogens with zero attached hydrogens (tertiary/aromatic N) is 2. The van der Waals surface area contributed by atoms with Gasteiger partial charge in [0.05, 0.1) is 18.9 Å². The maximum absolute atomic E-state index is 13.7. The van der Waals surface area contributed by atoms with Crippen molar-refractivity contribution >= 4 is 28.3 Å². The topological polar surface area (TPSA) is 75.0 Å². The molecular formula is C25H28FN3O4S. The average Bonchev–Trinajstić information content (AvgIpc) is 3.52. The van der Waals surface area contributed by atoms with Crippen molar-refractivity contribution in [2.24, 2.45) is 0 Å². The van der Waals surface area contributed by atoms with Crippen LogP contribution in [0.5, 0.6) is 0 Å². The number of halogens is 1. The Morgan fingerprint density at radius 1 is 1.15 bits per heavy atom. The fourth-order valence-corrected chi connectivity index (χ4v) is 5.14. The largest absolute Gasteiger partial charge is 0.459 e. The first-order chi connectivity index (χ1) is 16.5. The van der Waals surface area contributed by atoms with Gasteiger partial charge < -0.3 is 19.4 Å². The molecule has 1 aromatic carbocycles. The number of anilines is 1. The summed E-state index contributed by atoms with van der Waals surface area (Å²) in [6, 6.07) is 11.6. The Kier molecular flexibility index (Phi) is 7.64. The molecule has 3 heterocycles. The average molecular weight is 486 g/mol. The van der Waals surface area contributed by atoms with Gasteiger partial charge in [-0.15, -0.1) is 11.3 Å². The summed E-state index contributed by atoms with van der Waals surface area (Å²) >= 11 is 1.53. The predicted octanol–water partition coefficient (Wildman–Crippen LogP) is 5.16. The van der Waals surface area contributed by atoms with Crippen LogP contribution in [0.4, 0.5) is 14.2 Å². The first kappa shape index (κ1) is 24.0. The molecule has 1 aliphatic rings. The lowest BCUT2D eigenvalue weighted by Crippen LogP contribution is -2.50. The summed E-state index contributed by atoms with van der Waals surface area (Å²) in [5.74, 6) is -0.389. The fourth-order valence-electron chi connectivity index (χ4n) is 4.12. The van der Waals surface area contributed by atoms with E-state index in [-0.39, 0.29) is 29.6 Å². The minimum Gasteiger partial charge on any atom is -0.459 e. The molecule has 0 unspecified atom stereocenters. The van der Waals surface area contributed by atoms with E-state index >= 15 is 0 Å². The predicted molar refractivity (Wildman–Crippen MR) is 129 cm³/mol. The third kappa shape index (κ3) is 5.31. The third-order valence-electron chi connectivity index (χ3n) is 5.82. The zero-order valence-corrected chi connectivity index (χ0v) is 20.1. The Hall–Kier alpha value is -3.17. The first-order valence-electron chi connectivity index (χ1n) is 11.4. The van der Waals surface area contributed by atoms with E-state index in [1.165, 1.54) is 29.7 Å². The van der Waals surface area contributed by atoms with Gasteiger partial charge in [0.2, 0.25) is 0 Å². The summed E-state index contributed by atoms with van der Waals surface area (Å²) in [5, 5.41) is 3.75. The summed E-state index contributed by atoms with van der Waals surface area (Å²) in [7, 11) is 0. The van der Waals surface area contributed by atoms with E-state index in [1.54, 1.807) is 36.1 Å². The molecule has 9 heteroatoms. The minimum atomic E-state index is -0.319. The molecule has 3 aromatic rings. The number of furan rings is 1. The molecule has 2 aromatic heterocycles. The highest BCUT2D eigenvalue weighted by Gasteiger charge is 2.31. The van der Waals surface area contributed by atoms with Crippen LogP contribution in [-0.2, 0) is 11.2 Å². The molecule has 1 fully saturated rings. The standard InChI is InChI=1S/C25H28FN3O4S/c1-3-19-16-20(24(34-19)27-23(30)21-6-5-15-33-21)22(17-7-9-18(26)10-8-17)28-11-13-29(14-12-28)25(31)32-4-2/h5-10,15-16,22H,3-4,11-14H2,1-2H3,(H,27,30)/t22-/m1/s1. The van der Waals surface area contributed by atoms with Crippen LogP contribution in [0.25, 0.3) is 0 Å². The lowest BCUT2D eigenvalue weighted by atomic mass is 9.97. The molecule has 180 valence electrons. The Morgan fingerprint density at radius 2 is 1.88 bits per heavy atom. The SMILES string of the molecule is CCOC(=O)N1CCN([C@H](c2ccc(F)cc2)c2cc(CC)sc2NC(=O)c2ccco2)CC1. The fraction of sp³-hybridized carbons (Fsp3) is 0.360. The number of benzene rings is 1. The number of aryl methyl sites for hydroxylation is 1. The van der Waals surface area contributed by atoms with Gasteiger partial charge in [0.15, 0.2) is 5.76 Å². The molecule has 4 rings (SSSR count). The summed E-state index contributed by atoms with van der Waals surface area (Å²) in [4.78, 5) is 30.0. The molecule has 0 aliphatic carbocycles. The number of amides is 2. The molecule has 1 aliphatic heterocycles. The van der Waals surface area contributed by atoms with Crippen LogP contribution in [0.3, 0.4) is 0 Å². The molecule has 0 spiro atoms. The zero-order chi connectivity index (χ0) is 24.1. The van der Waals surface area contributed by atoms with E-state index in [9.17, 15) is 14.0 Å². The number of ether oxygens (including phenoxy) is 1. The van der Waals surface area contributed by atoms with Crippen LogP contribution >= 0.6 is 11.3 Å². The van der Waals surface area contributed by atoms with Gasteiger partial charge in [-0.2, -0.15) is 0 Å². The van der Waals surface area contributed by atoms with Crippen molar-refractivity contribution in [3.8, 4) is 0 Å². The highest BCUT2D eigenvalue weighted by molar-refractivity contribution is 7.16. The number of piperazine rings is 1. The Balaban J connectivity index is 1.66. The van der Waals surface area contributed by atoms with E-state index in [0.29, 0.717) is 32.8 Å². The van der Waals surface area contributed by atoms with Crippen molar-refractivity contribution < 1.29 is 23.1 Å². The number of nitrogens with one attached hydrogen (secondary N) is 1. The third-order valence-corrected chi connectivity index (χ3v) is 7.03. The van der Waals surface area contributed by atoms with E-state index in [0.717, 1.165) is 27.4 Å². The van der Waals surface area contributed by atoms with E-state index < -0.39 is 0 Å². The van der Waals surface area contributed by atoms with Crippen LogP contribution in [0.15, 0.2) is 53.1 Å². The second kappa shape index (κ2) is 10.8. The van der Waals surface area contributed by atoms with E-state index in [1.807, 2.05) is 0 Å². The van der Waals surface area contributed by atoms with Gasteiger partial charge in [0, 0.05) is 36.6 Å². The van der Waals surface area contributed by atoms with Crippen LogP contribution in [0, 0.1) is 5.82 Å². The molecule has 7 nitrogen and oxygen atoms in total.